The number of amides is 1. The zero-order valence-electron chi connectivity index (χ0n) is 13.7. The van der Waals surface area contributed by atoms with Crippen molar-refractivity contribution >= 4 is 11.7 Å². The van der Waals surface area contributed by atoms with E-state index in [1.807, 2.05) is 18.2 Å². The van der Waals surface area contributed by atoms with Crippen molar-refractivity contribution in [3.8, 4) is 0 Å². The summed E-state index contributed by atoms with van der Waals surface area (Å²) < 4.78 is 5.48. The van der Waals surface area contributed by atoms with Crippen LogP contribution in [0.4, 0.5) is 5.82 Å². The Kier molecular flexibility index (Phi) is 5.38. The van der Waals surface area contributed by atoms with Crippen molar-refractivity contribution in [2.45, 2.75) is 31.9 Å². The van der Waals surface area contributed by atoms with Crippen molar-refractivity contribution in [3.05, 3.63) is 53.7 Å². The van der Waals surface area contributed by atoms with Crippen molar-refractivity contribution in [1.82, 2.24) is 15.5 Å². The van der Waals surface area contributed by atoms with Gasteiger partial charge in [0.1, 0.15) is 5.82 Å². The van der Waals surface area contributed by atoms with Crippen LogP contribution in [0, 0.1) is 0 Å². The lowest BCUT2D eigenvalue weighted by Gasteiger charge is -2.14. The Morgan fingerprint density at radius 1 is 1.25 bits per heavy atom. The minimum atomic E-state index is -0.222. The van der Waals surface area contributed by atoms with Crippen LogP contribution >= 0.6 is 0 Å². The molecule has 0 bridgehead atoms. The molecule has 1 aliphatic rings. The van der Waals surface area contributed by atoms with Gasteiger partial charge < -0.3 is 15.4 Å². The van der Waals surface area contributed by atoms with Gasteiger partial charge >= 0.3 is 0 Å². The van der Waals surface area contributed by atoms with Crippen LogP contribution in [0.15, 0.2) is 42.5 Å². The van der Waals surface area contributed by atoms with E-state index in [9.17, 15) is 4.79 Å². The van der Waals surface area contributed by atoms with E-state index < -0.39 is 0 Å². The zero-order valence-corrected chi connectivity index (χ0v) is 13.7. The fourth-order valence-electron chi connectivity index (χ4n) is 2.68. The normalized spacial score (nSPS) is 18.1. The molecule has 0 radical (unpaired) electrons. The first-order chi connectivity index (χ1) is 11.7. The fraction of sp³-hybridized carbons (Fsp3) is 0.389. The molecule has 0 aliphatic carbocycles. The molecule has 24 heavy (non-hydrogen) atoms. The van der Waals surface area contributed by atoms with Crippen LogP contribution in [0.3, 0.4) is 0 Å². The van der Waals surface area contributed by atoms with Crippen LogP contribution in [0.25, 0.3) is 0 Å². The Bertz CT molecular complexity index is 654. The summed E-state index contributed by atoms with van der Waals surface area (Å²) in [5, 5.41) is 14.2. The van der Waals surface area contributed by atoms with Crippen LogP contribution < -0.4 is 10.6 Å². The number of hydrogen-bond donors (Lipinski definition) is 2. The van der Waals surface area contributed by atoms with Crippen LogP contribution in [0.5, 0.6) is 0 Å². The highest BCUT2D eigenvalue weighted by molar-refractivity contribution is 5.92. The monoisotopic (exact) mass is 326 g/mol. The minimum Gasteiger partial charge on any atom is -0.376 e. The fourth-order valence-corrected chi connectivity index (χ4v) is 2.68. The molecule has 2 N–H and O–H groups in total. The first-order valence-corrected chi connectivity index (χ1v) is 8.27. The van der Waals surface area contributed by atoms with Crippen molar-refractivity contribution in [3.63, 3.8) is 0 Å². The average Bonchev–Trinajstić information content (AvgIpc) is 3.14. The lowest BCUT2D eigenvalue weighted by molar-refractivity contribution is 0.0853. The van der Waals surface area contributed by atoms with Crippen LogP contribution in [-0.2, 0) is 4.74 Å². The van der Waals surface area contributed by atoms with Gasteiger partial charge in [-0.3, -0.25) is 4.79 Å². The number of ether oxygens (including phenoxy) is 1. The van der Waals surface area contributed by atoms with Crippen LogP contribution in [0.1, 0.15) is 41.9 Å². The second-order valence-electron chi connectivity index (χ2n) is 5.93. The summed E-state index contributed by atoms with van der Waals surface area (Å²) in [6, 6.07) is 13.7. The molecule has 0 saturated carbocycles. The Hall–Kier alpha value is -2.47. The van der Waals surface area contributed by atoms with Crippen LogP contribution in [-0.4, -0.2) is 35.4 Å². The smallest absolute Gasteiger partial charge is 0.271 e. The summed E-state index contributed by atoms with van der Waals surface area (Å²) in [5.41, 5.74) is 1.48. The first kappa shape index (κ1) is 16.4. The maximum atomic E-state index is 12.1. The van der Waals surface area contributed by atoms with E-state index in [-0.39, 0.29) is 18.1 Å². The third-order valence-corrected chi connectivity index (χ3v) is 4.08. The van der Waals surface area contributed by atoms with Gasteiger partial charge in [0.05, 0.1) is 6.10 Å². The summed E-state index contributed by atoms with van der Waals surface area (Å²) in [6.07, 6.45) is 2.17. The molecular formula is C18H22N4O2. The molecule has 1 saturated heterocycles. The number of aromatic nitrogens is 2. The number of anilines is 1. The van der Waals surface area contributed by atoms with E-state index in [0.717, 1.165) is 25.0 Å². The van der Waals surface area contributed by atoms with Gasteiger partial charge in [-0.2, -0.15) is 0 Å². The number of hydrogen-bond acceptors (Lipinski definition) is 5. The SMILES string of the molecule is CC(Nc1ccc(C(=O)NCC2CCCO2)nn1)c1ccccc1. The number of rotatable bonds is 6. The van der Waals surface area contributed by atoms with Crippen molar-refractivity contribution in [1.29, 1.82) is 0 Å². The molecule has 1 aromatic carbocycles. The summed E-state index contributed by atoms with van der Waals surface area (Å²) in [4.78, 5) is 12.1. The third-order valence-electron chi connectivity index (χ3n) is 4.08. The van der Waals surface area contributed by atoms with E-state index in [1.54, 1.807) is 12.1 Å². The second-order valence-corrected chi connectivity index (χ2v) is 5.93. The third kappa shape index (κ3) is 4.29. The Balaban J connectivity index is 1.53. The van der Waals surface area contributed by atoms with E-state index in [4.69, 9.17) is 4.74 Å². The standard InChI is InChI=1S/C18H22N4O2/c1-13(14-6-3-2-4-7-14)20-17-10-9-16(21-22-17)18(23)19-12-15-8-5-11-24-15/h2-4,6-7,9-10,13,15H,5,8,11-12H2,1H3,(H,19,23)(H,20,22). The molecule has 6 nitrogen and oxygen atoms in total. The Labute approximate surface area is 141 Å². The van der Waals surface area contributed by atoms with Crippen molar-refractivity contribution in [2.75, 3.05) is 18.5 Å². The van der Waals surface area contributed by atoms with Crippen molar-refractivity contribution < 1.29 is 9.53 Å². The van der Waals surface area contributed by atoms with E-state index in [1.165, 1.54) is 0 Å². The van der Waals surface area contributed by atoms with E-state index in [0.29, 0.717) is 18.1 Å². The predicted octanol–water partition coefficient (Wildman–Crippen LogP) is 2.56. The molecule has 2 atom stereocenters. The number of carbonyl (C=O) groups is 1. The highest BCUT2D eigenvalue weighted by Gasteiger charge is 2.17. The topological polar surface area (TPSA) is 76.1 Å². The summed E-state index contributed by atoms with van der Waals surface area (Å²) in [6.45, 7) is 3.35. The maximum absolute atomic E-state index is 12.1. The largest absolute Gasteiger partial charge is 0.376 e. The molecule has 1 aliphatic heterocycles. The molecule has 3 rings (SSSR count). The lowest BCUT2D eigenvalue weighted by Crippen LogP contribution is -2.32. The quantitative estimate of drug-likeness (QED) is 0.853. The summed E-state index contributed by atoms with van der Waals surface area (Å²) >= 11 is 0. The van der Waals surface area contributed by atoms with Gasteiger partial charge in [0.2, 0.25) is 0 Å². The number of carbonyl (C=O) groups excluding carboxylic acids is 1. The summed E-state index contributed by atoms with van der Waals surface area (Å²) in [7, 11) is 0. The Morgan fingerprint density at radius 2 is 2.08 bits per heavy atom. The minimum absolute atomic E-state index is 0.111. The second kappa shape index (κ2) is 7.88. The van der Waals surface area contributed by atoms with E-state index in [2.05, 4.69) is 39.9 Å². The van der Waals surface area contributed by atoms with Gasteiger partial charge in [0.25, 0.3) is 5.91 Å². The molecule has 2 unspecified atom stereocenters. The van der Waals surface area contributed by atoms with Gasteiger partial charge in [-0.25, -0.2) is 0 Å². The first-order valence-electron chi connectivity index (χ1n) is 8.27. The molecule has 126 valence electrons. The highest BCUT2D eigenvalue weighted by atomic mass is 16.5. The van der Waals surface area contributed by atoms with Gasteiger partial charge in [-0.15, -0.1) is 10.2 Å². The Morgan fingerprint density at radius 3 is 2.75 bits per heavy atom. The number of nitrogens with one attached hydrogen (secondary N) is 2. The molecule has 1 amide bonds. The molecule has 6 heteroatoms. The zero-order chi connectivity index (χ0) is 16.8. The van der Waals surface area contributed by atoms with Gasteiger partial charge in [-0.1, -0.05) is 30.3 Å². The van der Waals surface area contributed by atoms with Gasteiger partial charge in [-0.05, 0) is 37.5 Å². The van der Waals surface area contributed by atoms with Gasteiger partial charge in [0.15, 0.2) is 5.69 Å². The molecule has 0 spiro atoms. The summed E-state index contributed by atoms with van der Waals surface area (Å²) in [5.74, 6) is 0.419. The number of benzene rings is 1. The van der Waals surface area contributed by atoms with E-state index >= 15 is 0 Å². The molecule has 2 aromatic rings. The highest BCUT2D eigenvalue weighted by Crippen LogP contribution is 2.17. The maximum Gasteiger partial charge on any atom is 0.271 e. The molecule has 1 fully saturated rings. The molecule has 2 heterocycles. The lowest BCUT2D eigenvalue weighted by atomic mass is 10.1. The predicted molar refractivity (Wildman–Crippen MR) is 91.8 cm³/mol. The number of nitrogens with zero attached hydrogens (tertiary/aromatic N) is 2. The van der Waals surface area contributed by atoms with Crippen molar-refractivity contribution in [2.24, 2.45) is 0 Å². The molecule has 1 aromatic heterocycles. The van der Waals surface area contributed by atoms with Crippen LogP contribution in [0.2, 0.25) is 0 Å². The molecular weight excluding hydrogens is 304 g/mol. The average molecular weight is 326 g/mol. The van der Waals surface area contributed by atoms with Gasteiger partial charge in [0, 0.05) is 19.2 Å².